The molecule has 1 aliphatic carbocycles. The number of halogens is 1. The molecular weight excluding hydrogens is 280 g/mol. The van der Waals surface area contributed by atoms with Crippen LogP contribution in [0.4, 0.5) is 5.69 Å². The molecule has 0 radical (unpaired) electrons. The Labute approximate surface area is 122 Å². The summed E-state index contributed by atoms with van der Waals surface area (Å²) in [6, 6.07) is 4.58. The highest BCUT2D eigenvalue weighted by atomic mass is 35.5. The molecule has 1 aromatic rings. The number of ether oxygens (including phenoxy) is 1. The highest BCUT2D eigenvalue weighted by Crippen LogP contribution is 2.38. The van der Waals surface area contributed by atoms with Gasteiger partial charge >= 0.3 is 5.97 Å². The summed E-state index contributed by atoms with van der Waals surface area (Å²) in [4.78, 5) is 23.9. The molecule has 0 aromatic heterocycles. The molecule has 0 bridgehead atoms. The van der Waals surface area contributed by atoms with Gasteiger partial charge in [-0.1, -0.05) is 11.6 Å². The van der Waals surface area contributed by atoms with Crippen LogP contribution in [0.5, 0.6) is 0 Å². The van der Waals surface area contributed by atoms with Crippen molar-refractivity contribution in [1.29, 1.82) is 0 Å². The first-order chi connectivity index (χ1) is 9.36. The number of nitrogens with two attached hydrogens (primary N) is 1. The minimum absolute atomic E-state index is 0.184. The van der Waals surface area contributed by atoms with Crippen LogP contribution in [0, 0.1) is 5.92 Å². The molecule has 1 unspecified atom stereocenters. The van der Waals surface area contributed by atoms with Crippen LogP contribution in [0.2, 0.25) is 5.02 Å². The molecule has 0 heterocycles. The van der Waals surface area contributed by atoms with Crippen LogP contribution in [-0.2, 0) is 9.53 Å². The first kappa shape index (κ1) is 14.8. The van der Waals surface area contributed by atoms with Crippen LogP contribution in [0.1, 0.15) is 30.1 Å². The molecule has 5 nitrogen and oxygen atoms in total. The SMILES string of the molecule is COC(=O)c1ccc(Cl)cc1NC(=O)C(C)(N)C1CC1. The number of methoxy groups -OCH3 is 1. The topological polar surface area (TPSA) is 81.4 Å². The Kier molecular flexibility index (Phi) is 4.01. The molecule has 20 heavy (non-hydrogen) atoms. The number of nitrogens with one attached hydrogen (secondary N) is 1. The fourth-order valence-electron chi connectivity index (χ4n) is 2.03. The van der Waals surface area contributed by atoms with Gasteiger partial charge in [-0.2, -0.15) is 0 Å². The van der Waals surface area contributed by atoms with Gasteiger partial charge in [0.1, 0.15) is 0 Å². The Balaban J connectivity index is 2.26. The zero-order valence-electron chi connectivity index (χ0n) is 11.4. The van der Waals surface area contributed by atoms with Crippen molar-refractivity contribution in [2.24, 2.45) is 11.7 Å². The summed E-state index contributed by atoms with van der Waals surface area (Å²) < 4.78 is 4.68. The molecule has 1 atom stereocenters. The van der Waals surface area contributed by atoms with Crippen LogP contribution >= 0.6 is 11.6 Å². The second-order valence-electron chi connectivity index (χ2n) is 5.19. The standard InChI is InChI=1S/C14H17ClN2O3/c1-14(16,8-3-4-8)13(19)17-11-7-9(15)5-6-10(11)12(18)20-2/h5-8H,3-4,16H2,1-2H3,(H,17,19). The van der Waals surface area contributed by atoms with Gasteiger partial charge in [-0.05, 0) is 43.9 Å². The summed E-state index contributed by atoms with van der Waals surface area (Å²) in [5.74, 6) is -0.683. The van der Waals surface area contributed by atoms with E-state index in [2.05, 4.69) is 10.1 Å². The molecule has 1 saturated carbocycles. The van der Waals surface area contributed by atoms with Gasteiger partial charge in [-0.15, -0.1) is 0 Å². The molecule has 1 aliphatic rings. The van der Waals surface area contributed by atoms with E-state index in [0.717, 1.165) is 12.8 Å². The molecule has 1 aromatic carbocycles. The van der Waals surface area contributed by atoms with Gasteiger partial charge in [0.05, 0.1) is 23.9 Å². The van der Waals surface area contributed by atoms with Gasteiger partial charge in [0.2, 0.25) is 5.91 Å². The Morgan fingerprint density at radius 1 is 1.45 bits per heavy atom. The van der Waals surface area contributed by atoms with E-state index in [4.69, 9.17) is 17.3 Å². The third-order valence-electron chi connectivity index (χ3n) is 3.55. The number of benzene rings is 1. The smallest absolute Gasteiger partial charge is 0.339 e. The van der Waals surface area contributed by atoms with Crippen LogP contribution in [0.25, 0.3) is 0 Å². The highest BCUT2D eigenvalue weighted by Gasteiger charge is 2.44. The van der Waals surface area contributed by atoms with Crippen molar-refractivity contribution in [2.45, 2.75) is 25.3 Å². The highest BCUT2D eigenvalue weighted by molar-refractivity contribution is 6.31. The van der Waals surface area contributed by atoms with Crippen molar-refractivity contribution in [1.82, 2.24) is 0 Å². The van der Waals surface area contributed by atoms with Gasteiger partial charge < -0.3 is 15.8 Å². The zero-order chi connectivity index (χ0) is 14.9. The van der Waals surface area contributed by atoms with E-state index in [1.54, 1.807) is 13.0 Å². The maximum Gasteiger partial charge on any atom is 0.339 e. The Hall–Kier alpha value is -1.59. The number of hydrogen-bond acceptors (Lipinski definition) is 4. The first-order valence-electron chi connectivity index (χ1n) is 6.34. The van der Waals surface area contributed by atoms with Gasteiger partial charge in [0, 0.05) is 5.02 Å². The number of esters is 1. The molecule has 1 fully saturated rings. The third-order valence-corrected chi connectivity index (χ3v) is 3.78. The fourth-order valence-corrected chi connectivity index (χ4v) is 2.21. The number of amides is 1. The summed E-state index contributed by atoms with van der Waals surface area (Å²) in [5, 5.41) is 3.09. The van der Waals surface area contributed by atoms with Crippen molar-refractivity contribution >= 4 is 29.2 Å². The van der Waals surface area contributed by atoms with Gasteiger partial charge in [-0.3, -0.25) is 4.79 Å². The molecule has 108 valence electrons. The Bertz CT molecular complexity index is 553. The second kappa shape index (κ2) is 5.42. The minimum Gasteiger partial charge on any atom is -0.465 e. The number of rotatable bonds is 4. The van der Waals surface area contributed by atoms with E-state index in [1.165, 1.54) is 19.2 Å². The van der Waals surface area contributed by atoms with E-state index in [9.17, 15) is 9.59 Å². The Morgan fingerprint density at radius 3 is 2.65 bits per heavy atom. The molecular formula is C14H17ClN2O3. The lowest BCUT2D eigenvalue weighted by Gasteiger charge is -2.23. The third kappa shape index (κ3) is 2.94. The van der Waals surface area contributed by atoms with Crippen LogP contribution < -0.4 is 11.1 Å². The number of anilines is 1. The fraction of sp³-hybridized carbons (Fsp3) is 0.429. The molecule has 3 N–H and O–H groups in total. The van der Waals surface area contributed by atoms with Crippen molar-refractivity contribution in [3.8, 4) is 0 Å². The normalized spacial score (nSPS) is 17.2. The second-order valence-corrected chi connectivity index (χ2v) is 5.63. The van der Waals surface area contributed by atoms with Crippen LogP contribution in [0.3, 0.4) is 0 Å². The van der Waals surface area contributed by atoms with E-state index in [-0.39, 0.29) is 17.4 Å². The van der Waals surface area contributed by atoms with Gasteiger partial charge in [0.15, 0.2) is 0 Å². The lowest BCUT2D eigenvalue weighted by Crippen LogP contribution is -2.50. The lowest BCUT2D eigenvalue weighted by atomic mass is 9.96. The molecule has 1 amide bonds. The van der Waals surface area contributed by atoms with E-state index in [0.29, 0.717) is 10.7 Å². The summed E-state index contributed by atoms with van der Waals surface area (Å²) >= 11 is 5.90. The van der Waals surface area contributed by atoms with Crippen LogP contribution in [-0.4, -0.2) is 24.5 Å². The number of hydrogen-bond donors (Lipinski definition) is 2. The number of carbonyl (C=O) groups excluding carboxylic acids is 2. The van der Waals surface area contributed by atoms with Crippen molar-refractivity contribution < 1.29 is 14.3 Å². The number of carbonyl (C=O) groups is 2. The van der Waals surface area contributed by atoms with E-state index >= 15 is 0 Å². The predicted octanol–water partition coefficient (Wildman–Crippen LogP) is 2.19. The Morgan fingerprint density at radius 2 is 2.10 bits per heavy atom. The summed E-state index contributed by atoms with van der Waals surface area (Å²) in [6.07, 6.45) is 1.89. The van der Waals surface area contributed by atoms with Gasteiger partial charge in [-0.25, -0.2) is 4.79 Å². The summed E-state index contributed by atoms with van der Waals surface area (Å²) in [7, 11) is 1.28. The molecule has 2 rings (SSSR count). The van der Waals surface area contributed by atoms with Crippen molar-refractivity contribution in [2.75, 3.05) is 12.4 Å². The zero-order valence-corrected chi connectivity index (χ0v) is 12.2. The quantitative estimate of drug-likeness (QED) is 0.835. The van der Waals surface area contributed by atoms with Crippen molar-refractivity contribution in [3.63, 3.8) is 0 Å². The molecule has 0 spiro atoms. The van der Waals surface area contributed by atoms with Crippen molar-refractivity contribution in [3.05, 3.63) is 28.8 Å². The van der Waals surface area contributed by atoms with E-state index in [1.807, 2.05) is 0 Å². The van der Waals surface area contributed by atoms with Crippen LogP contribution in [0.15, 0.2) is 18.2 Å². The average Bonchev–Trinajstić information content (AvgIpc) is 3.22. The predicted molar refractivity (Wildman–Crippen MR) is 76.7 cm³/mol. The molecule has 0 aliphatic heterocycles. The minimum atomic E-state index is -0.949. The average molecular weight is 297 g/mol. The summed E-state index contributed by atoms with van der Waals surface area (Å²) in [5.41, 5.74) is 5.66. The molecule has 0 saturated heterocycles. The maximum atomic E-state index is 12.3. The summed E-state index contributed by atoms with van der Waals surface area (Å²) in [6.45, 7) is 1.70. The monoisotopic (exact) mass is 296 g/mol. The largest absolute Gasteiger partial charge is 0.465 e. The maximum absolute atomic E-state index is 12.3. The first-order valence-corrected chi connectivity index (χ1v) is 6.72. The van der Waals surface area contributed by atoms with E-state index < -0.39 is 11.5 Å². The lowest BCUT2D eigenvalue weighted by molar-refractivity contribution is -0.121. The molecule has 6 heteroatoms. The van der Waals surface area contributed by atoms with Gasteiger partial charge in [0.25, 0.3) is 0 Å².